The van der Waals surface area contributed by atoms with Crippen LogP contribution < -0.4 is 16.4 Å². The number of aromatic nitrogens is 2. The number of benzene rings is 2. The number of H-pyrrole nitrogens is 1. The van der Waals surface area contributed by atoms with Gasteiger partial charge in [-0.15, -0.1) is 0 Å². The van der Waals surface area contributed by atoms with Crippen LogP contribution in [0.1, 0.15) is 30.0 Å². The summed E-state index contributed by atoms with van der Waals surface area (Å²) >= 11 is 0. The van der Waals surface area contributed by atoms with Crippen molar-refractivity contribution in [1.82, 2.24) is 15.1 Å². The van der Waals surface area contributed by atoms with E-state index in [1.165, 1.54) is 17.7 Å². The van der Waals surface area contributed by atoms with Crippen LogP contribution in [0.2, 0.25) is 0 Å². The van der Waals surface area contributed by atoms with Crippen molar-refractivity contribution in [2.24, 2.45) is 0 Å². The molecule has 1 aliphatic rings. The van der Waals surface area contributed by atoms with Gasteiger partial charge in [0.15, 0.2) is 6.61 Å². The Labute approximate surface area is 171 Å². The van der Waals surface area contributed by atoms with Crippen LogP contribution in [0, 0.1) is 0 Å². The van der Waals surface area contributed by atoms with E-state index in [4.69, 9.17) is 4.74 Å². The molecule has 1 atom stereocenters. The zero-order valence-corrected chi connectivity index (χ0v) is 16.2. The maximum atomic E-state index is 12.4. The average Bonchev–Trinajstić information content (AvgIpc) is 2.76. The minimum atomic E-state index is -0.790. The molecule has 0 bridgehead atoms. The fourth-order valence-electron chi connectivity index (χ4n) is 3.82. The molecule has 0 radical (unpaired) electrons. The minimum absolute atomic E-state index is 0.111. The number of amides is 1. The summed E-state index contributed by atoms with van der Waals surface area (Å²) in [7, 11) is 0. The first-order valence-electron chi connectivity index (χ1n) is 9.77. The maximum Gasteiger partial charge on any atom is 0.328 e. The van der Waals surface area contributed by atoms with Crippen molar-refractivity contribution < 1.29 is 14.3 Å². The van der Waals surface area contributed by atoms with Crippen molar-refractivity contribution in [1.29, 1.82) is 0 Å². The van der Waals surface area contributed by atoms with Crippen molar-refractivity contribution in [3.05, 3.63) is 80.4 Å². The molecule has 8 nitrogen and oxygen atoms in total. The lowest BCUT2D eigenvalue weighted by Crippen LogP contribution is -2.36. The van der Waals surface area contributed by atoms with E-state index in [9.17, 15) is 19.2 Å². The summed E-state index contributed by atoms with van der Waals surface area (Å²) in [4.78, 5) is 48.9. The molecular weight excluding hydrogens is 386 g/mol. The van der Waals surface area contributed by atoms with Crippen molar-refractivity contribution in [3.63, 3.8) is 0 Å². The molecule has 4 rings (SSSR count). The molecule has 0 aliphatic heterocycles. The number of carbonyl (C=O) groups excluding carboxylic acids is 2. The lowest BCUT2D eigenvalue weighted by Gasteiger charge is -2.26. The quantitative estimate of drug-likeness (QED) is 0.622. The Morgan fingerprint density at radius 1 is 1.07 bits per heavy atom. The number of aryl methyl sites for hydroxylation is 1. The topological polar surface area (TPSA) is 110 Å². The second-order valence-corrected chi connectivity index (χ2v) is 7.25. The van der Waals surface area contributed by atoms with Crippen molar-refractivity contribution in [3.8, 4) is 0 Å². The second kappa shape index (κ2) is 8.36. The summed E-state index contributed by atoms with van der Waals surface area (Å²) in [5, 5.41) is 5.72. The van der Waals surface area contributed by atoms with E-state index >= 15 is 0 Å². The molecule has 1 aliphatic carbocycles. The molecule has 3 aromatic rings. The summed E-state index contributed by atoms with van der Waals surface area (Å²) in [6, 6.07) is 14.2. The Hall–Kier alpha value is -3.68. The van der Waals surface area contributed by atoms with Crippen molar-refractivity contribution in [2.75, 3.05) is 6.61 Å². The Balaban J connectivity index is 1.37. The first kappa shape index (κ1) is 19.6. The molecular formula is C22H21N3O5. The number of hydrogen-bond acceptors (Lipinski definition) is 5. The SMILES string of the molecule is O=C(COC(=O)Cn1[nH]c(=O)c2ccccc2c1=O)N[C@@H]1CCCc2ccccc21. The Morgan fingerprint density at radius 3 is 2.63 bits per heavy atom. The summed E-state index contributed by atoms with van der Waals surface area (Å²) in [6.45, 7) is -0.942. The van der Waals surface area contributed by atoms with Crippen LogP contribution in [0.15, 0.2) is 58.1 Å². The standard InChI is InChI=1S/C22H21N3O5/c26-19(23-18-11-5-7-14-6-1-2-8-15(14)18)13-30-20(27)12-25-22(29)17-10-4-3-9-16(17)21(28)24-25/h1-4,6,8-10,18H,5,7,11-13H2,(H,23,26)(H,24,28)/t18-/m1/s1. The van der Waals surface area contributed by atoms with E-state index in [1.54, 1.807) is 12.1 Å². The van der Waals surface area contributed by atoms with Gasteiger partial charge in [-0.25, -0.2) is 4.68 Å². The Bertz CT molecular complexity index is 1230. The predicted molar refractivity (Wildman–Crippen MR) is 110 cm³/mol. The van der Waals surface area contributed by atoms with Crippen molar-refractivity contribution >= 4 is 22.6 Å². The first-order valence-corrected chi connectivity index (χ1v) is 9.77. The molecule has 0 unspecified atom stereocenters. The molecule has 2 N–H and O–H groups in total. The first-order chi connectivity index (χ1) is 14.5. The van der Waals surface area contributed by atoms with Gasteiger partial charge in [-0.2, -0.15) is 0 Å². The summed E-state index contributed by atoms with van der Waals surface area (Å²) in [5.41, 5.74) is 1.31. The van der Waals surface area contributed by atoms with Crippen LogP contribution in [0.5, 0.6) is 0 Å². The van der Waals surface area contributed by atoms with Crippen molar-refractivity contribution in [2.45, 2.75) is 31.8 Å². The fraction of sp³-hybridized carbons (Fsp3) is 0.273. The maximum absolute atomic E-state index is 12.4. The molecule has 0 saturated heterocycles. The van der Waals surface area contributed by atoms with E-state index in [2.05, 4.69) is 16.5 Å². The monoisotopic (exact) mass is 407 g/mol. The summed E-state index contributed by atoms with van der Waals surface area (Å²) in [6.07, 6.45) is 2.78. The number of hydrogen-bond donors (Lipinski definition) is 2. The van der Waals surface area contributed by atoms with Gasteiger partial charge in [0.2, 0.25) is 0 Å². The van der Waals surface area contributed by atoms with Crippen LogP contribution in [-0.2, 0) is 27.3 Å². The van der Waals surface area contributed by atoms with Crippen LogP contribution in [0.3, 0.4) is 0 Å². The molecule has 0 fully saturated rings. The molecule has 0 saturated carbocycles. The van der Waals surface area contributed by atoms with Gasteiger partial charge in [-0.3, -0.25) is 24.3 Å². The summed E-state index contributed by atoms with van der Waals surface area (Å²) in [5.74, 6) is -1.20. The van der Waals surface area contributed by atoms with E-state index in [0.29, 0.717) is 0 Å². The van der Waals surface area contributed by atoms with Gasteiger partial charge in [0.1, 0.15) is 6.54 Å². The number of nitrogens with zero attached hydrogens (tertiary/aromatic N) is 1. The summed E-state index contributed by atoms with van der Waals surface area (Å²) < 4.78 is 5.90. The zero-order chi connectivity index (χ0) is 21.1. The number of carbonyl (C=O) groups is 2. The number of fused-ring (bicyclic) bond motifs is 2. The number of nitrogens with one attached hydrogen (secondary N) is 2. The van der Waals surface area contributed by atoms with Crippen LogP contribution in [0.4, 0.5) is 0 Å². The van der Waals surface area contributed by atoms with Gasteiger partial charge in [0.05, 0.1) is 16.8 Å². The highest BCUT2D eigenvalue weighted by atomic mass is 16.5. The molecule has 0 spiro atoms. The smallest absolute Gasteiger partial charge is 0.328 e. The third-order valence-electron chi connectivity index (χ3n) is 5.24. The van der Waals surface area contributed by atoms with Gasteiger partial charge < -0.3 is 10.1 Å². The number of esters is 1. The van der Waals surface area contributed by atoms with Gasteiger partial charge in [0.25, 0.3) is 17.0 Å². The number of aromatic amines is 1. The van der Waals surface area contributed by atoms with Gasteiger partial charge >= 0.3 is 5.97 Å². The third kappa shape index (κ3) is 4.03. The van der Waals surface area contributed by atoms with Gasteiger partial charge in [-0.1, -0.05) is 36.4 Å². The molecule has 2 aromatic carbocycles. The third-order valence-corrected chi connectivity index (χ3v) is 5.24. The van der Waals surface area contributed by atoms with Crippen LogP contribution in [-0.4, -0.2) is 28.3 Å². The highest BCUT2D eigenvalue weighted by Crippen LogP contribution is 2.29. The lowest BCUT2D eigenvalue weighted by molar-refractivity contribution is -0.149. The van der Waals surface area contributed by atoms with E-state index in [0.717, 1.165) is 29.5 Å². The molecule has 154 valence electrons. The zero-order valence-electron chi connectivity index (χ0n) is 16.2. The lowest BCUT2D eigenvalue weighted by atomic mass is 9.88. The molecule has 8 heteroatoms. The number of ether oxygens (including phenoxy) is 1. The fourth-order valence-corrected chi connectivity index (χ4v) is 3.82. The minimum Gasteiger partial charge on any atom is -0.454 e. The molecule has 1 aromatic heterocycles. The Kier molecular flexibility index (Phi) is 5.47. The van der Waals surface area contributed by atoms with E-state index in [-0.39, 0.29) is 16.8 Å². The van der Waals surface area contributed by atoms with Gasteiger partial charge in [-0.05, 0) is 42.5 Å². The molecule has 1 heterocycles. The largest absolute Gasteiger partial charge is 0.454 e. The van der Waals surface area contributed by atoms with E-state index < -0.39 is 36.1 Å². The second-order valence-electron chi connectivity index (χ2n) is 7.25. The van der Waals surface area contributed by atoms with E-state index in [1.807, 2.05) is 18.2 Å². The highest BCUT2D eigenvalue weighted by molar-refractivity contribution is 5.82. The normalized spacial score (nSPS) is 15.4. The molecule has 30 heavy (non-hydrogen) atoms. The average molecular weight is 407 g/mol. The Morgan fingerprint density at radius 2 is 1.80 bits per heavy atom. The predicted octanol–water partition coefficient (Wildman–Crippen LogP) is 1.43. The highest BCUT2D eigenvalue weighted by Gasteiger charge is 2.22. The number of rotatable bonds is 5. The van der Waals surface area contributed by atoms with Crippen LogP contribution in [0.25, 0.3) is 10.8 Å². The molecule has 1 amide bonds. The van der Waals surface area contributed by atoms with Gasteiger partial charge in [0, 0.05) is 0 Å². The van der Waals surface area contributed by atoms with Crippen LogP contribution >= 0.6 is 0 Å².